The van der Waals surface area contributed by atoms with Crippen LogP contribution in [0.3, 0.4) is 0 Å². The van der Waals surface area contributed by atoms with Gasteiger partial charge in [-0.05, 0) is 31.0 Å². The van der Waals surface area contributed by atoms with Crippen LogP contribution in [0, 0.1) is 0 Å². The number of hydrogen-bond acceptors (Lipinski definition) is 4. The summed E-state index contributed by atoms with van der Waals surface area (Å²) in [6, 6.07) is 11.4. The van der Waals surface area contributed by atoms with E-state index in [1.54, 1.807) is 13.2 Å². The van der Waals surface area contributed by atoms with E-state index in [9.17, 15) is 0 Å². The molecule has 28 heavy (non-hydrogen) atoms. The van der Waals surface area contributed by atoms with Gasteiger partial charge in [0, 0.05) is 32.4 Å². The molecule has 1 aromatic carbocycles. The number of aromatic nitrogens is 1. The number of halogens is 1. The van der Waals surface area contributed by atoms with Crippen LogP contribution in [-0.4, -0.2) is 31.1 Å². The average molecular weight is 498 g/mol. The van der Waals surface area contributed by atoms with Crippen molar-refractivity contribution in [3.05, 3.63) is 48.2 Å². The highest BCUT2D eigenvalue weighted by Gasteiger charge is 2.06. The fraction of sp³-hybridized carbons (Fsp3) is 0.429. The van der Waals surface area contributed by atoms with Crippen molar-refractivity contribution in [2.24, 2.45) is 4.99 Å². The molecule has 0 atom stereocenters. The van der Waals surface area contributed by atoms with E-state index >= 15 is 0 Å². The minimum atomic E-state index is 0. The maximum Gasteiger partial charge on any atom is 0.219 e. The third-order valence-electron chi connectivity index (χ3n) is 3.92. The Kier molecular flexibility index (Phi) is 12.0. The van der Waals surface area contributed by atoms with Crippen molar-refractivity contribution in [2.75, 3.05) is 20.2 Å². The molecule has 0 amide bonds. The van der Waals surface area contributed by atoms with Gasteiger partial charge >= 0.3 is 0 Å². The van der Waals surface area contributed by atoms with Gasteiger partial charge in [0.05, 0.1) is 6.61 Å². The van der Waals surface area contributed by atoms with Crippen molar-refractivity contribution >= 4 is 29.9 Å². The highest BCUT2D eigenvalue weighted by atomic mass is 127. The Labute approximate surface area is 185 Å². The average Bonchev–Trinajstić information content (AvgIpc) is 2.70. The van der Waals surface area contributed by atoms with E-state index in [2.05, 4.69) is 27.5 Å². The van der Waals surface area contributed by atoms with Crippen LogP contribution in [0.2, 0.25) is 0 Å². The molecule has 6 nitrogen and oxygen atoms in total. The van der Waals surface area contributed by atoms with Gasteiger partial charge in [0.25, 0.3) is 0 Å². The first-order chi connectivity index (χ1) is 13.3. The number of pyridine rings is 1. The zero-order chi connectivity index (χ0) is 19.3. The minimum Gasteiger partial charge on any atom is -0.490 e. The van der Waals surface area contributed by atoms with E-state index in [0.29, 0.717) is 30.5 Å². The normalized spacial score (nSPS) is 10.8. The molecule has 0 bridgehead atoms. The lowest BCUT2D eigenvalue weighted by atomic mass is 10.2. The Morgan fingerprint density at radius 1 is 1.04 bits per heavy atom. The van der Waals surface area contributed by atoms with Crippen LogP contribution in [0.25, 0.3) is 0 Å². The number of hydrogen-bond donors (Lipinski definition) is 2. The van der Waals surface area contributed by atoms with Gasteiger partial charge in [0.1, 0.15) is 0 Å². The molecule has 1 aromatic heterocycles. The molecule has 0 saturated carbocycles. The lowest BCUT2D eigenvalue weighted by Crippen LogP contribution is -2.37. The zero-order valence-electron chi connectivity index (χ0n) is 16.9. The van der Waals surface area contributed by atoms with Crippen molar-refractivity contribution in [1.29, 1.82) is 0 Å². The van der Waals surface area contributed by atoms with Gasteiger partial charge in [0.2, 0.25) is 5.88 Å². The molecule has 154 valence electrons. The van der Waals surface area contributed by atoms with Gasteiger partial charge in [0.15, 0.2) is 17.5 Å². The predicted molar refractivity (Wildman–Crippen MR) is 125 cm³/mol. The molecule has 0 radical (unpaired) electrons. The molecule has 0 unspecified atom stereocenters. The Morgan fingerprint density at radius 2 is 1.82 bits per heavy atom. The van der Waals surface area contributed by atoms with Crippen LogP contribution in [0.1, 0.15) is 38.7 Å². The second-order valence-electron chi connectivity index (χ2n) is 6.05. The third-order valence-corrected chi connectivity index (χ3v) is 3.92. The number of unbranched alkanes of at least 4 members (excludes halogenated alkanes) is 2. The van der Waals surface area contributed by atoms with E-state index in [4.69, 9.17) is 9.47 Å². The topological polar surface area (TPSA) is 67.8 Å². The lowest BCUT2D eigenvalue weighted by Gasteiger charge is -2.12. The van der Waals surface area contributed by atoms with E-state index < -0.39 is 0 Å². The number of para-hydroxylation sites is 2. The summed E-state index contributed by atoms with van der Waals surface area (Å²) in [5.74, 6) is 2.71. The maximum atomic E-state index is 5.85. The van der Waals surface area contributed by atoms with Crippen molar-refractivity contribution in [3.8, 4) is 17.4 Å². The first-order valence-electron chi connectivity index (χ1n) is 9.56. The van der Waals surface area contributed by atoms with Gasteiger partial charge in [-0.3, -0.25) is 4.99 Å². The molecule has 2 rings (SSSR count). The highest BCUT2D eigenvalue weighted by Crippen LogP contribution is 2.30. The van der Waals surface area contributed by atoms with Crippen molar-refractivity contribution in [2.45, 2.75) is 39.7 Å². The number of rotatable bonds is 10. The maximum absolute atomic E-state index is 5.85. The Bertz CT molecular complexity index is 708. The lowest BCUT2D eigenvalue weighted by molar-refractivity contribution is 0.319. The summed E-state index contributed by atoms with van der Waals surface area (Å²) in [7, 11) is 1.78. The van der Waals surface area contributed by atoms with E-state index in [-0.39, 0.29) is 24.0 Å². The highest BCUT2D eigenvalue weighted by molar-refractivity contribution is 14.0. The van der Waals surface area contributed by atoms with Crippen LogP contribution < -0.4 is 20.1 Å². The molecule has 0 aliphatic carbocycles. The summed E-state index contributed by atoms with van der Waals surface area (Å²) in [4.78, 5) is 8.62. The van der Waals surface area contributed by atoms with Crippen LogP contribution in [0.4, 0.5) is 0 Å². The molecule has 0 aliphatic heterocycles. The van der Waals surface area contributed by atoms with Crippen LogP contribution in [0.5, 0.6) is 17.4 Å². The van der Waals surface area contributed by atoms with Gasteiger partial charge in [-0.2, -0.15) is 0 Å². The smallest absolute Gasteiger partial charge is 0.219 e. The number of aliphatic imine (C=N–C) groups is 1. The molecule has 0 aliphatic rings. The molecule has 2 aromatic rings. The quantitative estimate of drug-likeness (QED) is 0.214. The van der Waals surface area contributed by atoms with Crippen molar-refractivity contribution in [1.82, 2.24) is 15.6 Å². The minimum absolute atomic E-state index is 0. The van der Waals surface area contributed by atoms with Crippen LogP contribution in [-0.2, 0) is 6.54 Å². The number of benzene rings is 1. The zero-order valence-corrected chi connectivity index (χ0v) is 19.2. The van der Waals surface area contributed by atoms with E-state index in [1.165, 1.54) is 12.8 Å². The largest absolute Gasteiger partial charge is 0.490 e. The Balaban J connectivity index is 0.00000392. The summed E-state index contributed by atoms with van der Waals surface area (Å²) < 4.78 is 11.4. The molecular formula is C21H31IN4O2. The fourth-order valence-corrected chi connectivity index (χ4v) is 2.49. The Morgan fingerprint density at radius 3 is 2.46 bits per heavy atom. The SMILES string of the molecule is CCCCCNC(=NC)NCc1ccc(Oc2ccccc2OCC)nc1.I. The van der Waals surface area contributed by atoms with Gasteiger partial charge in [-0.1, -0.05) is 38.0 Å². The summed E-state index contributed by atoms with van der Waals surface area (Å²) in [6.07, 6.45) is 5.38. The second kappa shape index (κ2) is 14.0. The summed E-state index contributed by atoms with van der Waals surface area (Å²) in [5.41, 5.74) is 1.05. The van der Waals surface area contributed by atoms with E-state index in [1.807, 2.05) is 43.3 Å². The van der Waals surface area contributed by atoms with Gasteiger partial charge < -0.3 is 20.1 Å². The van der Waals surface area contributed by atoms with Crippen molar-refractivity contribution < 1.29 is 9.47 Å². The summed E-state index contributed by atoms with van der Waals surface area (Å²) >= 11 is 0. The van der Waals surface area contributed by atoms with Crippen molar-refractivity contribution in [3.63, 3.8) is 0 Å². The van der Waals surface area contributed by atoms with Crippen LogP contribution >= 0.6 is 24.0 Å². The molecule has 0 fully saturated rings. The molecule has 2 N–H and O–H groups in total. The van der Waals surface area contributed by atoms with Gasteiger partial charge in [-0.15, -0.1) is 24.0 Å². The van der Waals surface area contributed by atoms with E-state index in [0.717, 1.165) is 24.5 Å². The van der Waals surface area contributed by atoms with Crippen LogP contribution in [0.15, 0.2) is 47.6 Å². The molecule has 0 saturated heterocycles. The molecular weight excluding hydrogens is 467 g/mol. The monoisotopic (exact) mass is 498 g/mol. The number of guanidine groups is 1. The molecule has 7 heteroatoms. The number of nitrogens with zero attached hydrogens (tertiary/aromatic N) is 2. The first-order valence-corrected chi connectivity index (χ1v) is 9.56. The second-order valence-corrected chi connectivity index (χ2v) is 6.05. The predicted octanol–water partition coefficient (Wildman–Crippen LogP) is 4.75. The molecule has 0 spiro atoms. The number of nitrogens with one attached hydrogen (secondary N) is 2. The standard InChI is InChI=1S/C21H30N4O2.HI/c1-4-6-9-14-23-21(22-3)25-16-17-12-13-20(24-15-17)27-19-11-8-7-10-18(19)26-5-2;/h7-8,10-13,15H,4-6,9,14,16H2,1-3H3,(H2,22,23,25);1H. The first kappa shape index (κ1) is 24.0. The fourth-order valence-electron chi connectivity index (χ4n) is 2.49. The third kappa shape index (κ3) is 8.33. The van der Waals surface area contributed by atoms with Gasteiger partial charge in [-0.25, -0.2) is 4.98 Å². The summed E-state index contributed by atoms with van der Waals surface area (Å²) in [5, 5.41) is 6.61. The summed E-state index contributed by atoms with van der Waals surface area (Å²) in [6.45, 7) is 6.31. The molecule has 1 heterocycles. The number of ether oxygens (including phenoxy) is 2. The Hall–Kier alpha value is -2.03.